The average Bonchev–Trinajstić information content (AvgIpc) is 3.06. The van der Waals surface area contributed by atoms with Crippen LogP contribution in [0.4, 0.5) is 0 Å². The molecule has 2 aromatic rings. The smallest absolute Gasteiger partial charge is 0.166 e. The van der Waals surface area contributed by atoms with Crippen molar-refractivity contribution in [2.24, 2.45) is 0 Å². The number of carbonyl (C=O) groups excluding carboxylic acids is 1. The summed E-state index contributed by atoms with van der Waals surface area (Å²) >= 11 is 0. The maximum atomic E-state index is 11.1. The molecule has 3 nitrogen and oxygen atoms in total. The van der Waals surface area contributed by atoms with E-state index in [9.17, 15) is 4.79 Å². The summed E-state index contributed by atoms with van der Waals surface area (Å²) in [5, 5.41) is 1.11. The normalized spacial score (nSPS) is 17.2. The van der Waals surface area contributed by atoms with E-state index in [0.717, 1.165) is 42.3 Å². The molecule has 1 aliphatic carbocycles. The van der Waals surface area contributed by atoms with E-state index in [1.54, 1.807) is 7.11 Å². The summed E-state index contributed by atoms with van der Waals surface area (Å²) in [4.78, 5) is 11.1. The third kappa shape index (κ3) is 1.67. The Balaban J connectivity index is 2.09. The molecule has 3 heteroatoms. The van der Waals surface area contributed by atoms with Crippen molar-refractivity contribution >= 4 is 17.2 Å². The Morgan fingerprint density at radius 1 is 1.41 bits per heavy atom. The summed E-state index contributed by atoms with van der Waals surface area (Å²) in [5.41, 5.74) is 1.80. The third-order valence-electron chi connectivity index (χ3n) is 3.65. The molecule has 88 valence electrons. The molecule has 0 bridgehead atoms. The second kappa shape index (κ2) is 3.70. The second-order valence-corrected chi connectivity index (χ2v) is 4.72. The van der Waals surface area contributed by atoms with E-state index in [2.05, 4.69) is 4.57 Å². The van der Waals surface area contributed by atoms with Crippen LogP contribution in [0.3, 0.4) is 0 Å². The van der Waals surface area contributed by atoms with E-state index in [0.29, 0.717) is 0 Å². The fourth-order valence-corrected chi connectivity index (χ4v) is 2.36. The van der Waals surface area contributed by atoms with Crippen molar-refractivity contribution in [2.75, 3.05) is 7.11 Å². The molecular formula is C14H15NO2. The molecule has 17 heavy (non-hydrogen) atoms. The van der Waals surface area contributed by atoms with Gasteiger partial charge >= 0.3 is 0 Å². The second-order valence-electron chi connectivity index (χ2n) is 4.72. The summed E-state index contributed by atoms with van der Waals surface area (Å²) in [5.74, 6) is 0. The molecule has 1 saturated carbocycles. The molecule has 1 aromatic heterocycles. The number of ether oxygens (including phenoxy) is 1. The molecule has 1 heterocycles. The van der Waals surface area contributed by atoms with Crippen molar-refractivity contribution in [1.82, 2.24) is 4.57 Å². The Morgan fingerprint density at radius 3 is 2.82 bits per heavy atom. The van der Waals surface area contributed by atoms with Gasteiger partial charge in [-0.3, -0.25) is 4.79 Å². The number of para-hydroxylation sites is 1. The van der Waals surface area contributed by atoms with Crippen LogP contribution >= 0.6 is 0 Å². The highest BCUT2D eigenvalue weighted by molar-refractivity contribution is 5.88. The Hall–Kier alpha value is -1.61. The topological polar surface area (TPSA) is 31.2 Å². The minimum absolute atomic E-state index is 0.0421. The fourth-order valence-electron chi connectivity index (χ4n) is 2.36. The molecule has 1 aliphatic rings. The summed E-state index contributed by atoms with van der Waals surface area (Å²) in [6.45, 7) is 0.769. The molecule has 0 unspecified atom stereocenters. The van der Waals surface area contributed by atoms with E-state index in [-0.39, 0.29) is 5.60 Å². The number of aldehydes is 1. The summed E-state index contributed by atoms with van der Waals surface area (Å²) in [6.07, 6.45) is 3.08. The van der Waals surface area contributed by atoms with Gasteiger partial charge in [0.25, 0.3) is 0 Å². The minimum atomic E-state index is -0.0421. The highest BCUT2D eigenvalue weighted by atomic mass is 16.5. The number of aromatic nitrogens is 1. The van der Waals surface area contributed by atoms with Gasteiger partial charge in [-0.25, -0.2) is 0 Å². The van der Waals surface area contributed by atoms with Gasteiger partial charge < -0.3 is 9.30 Å². The number of nitrogens with zero attached hydrogens (tertiary/aromatic N) is 1. The number of carbonyl (C=O) groups is 1. The van der Waals surface area contributed by atoms with Gasteiger partial charge in [-0.05, 0) is 25.0 Å². The van der Waals surface area contributed by atoms with Crippen LogP contribution in [0.1, 0.15) is 23.3 Å². The Labute approximate surface area is 100.0 Å². The number of rotatable bonds is 4. The van der Waals surface area contributed by atoms with E-state index in [1.807, 2.05) is 30.3 Å². The minimum Gasteiger partial charge on any atom is -0.376 e. The molecule has 0 atom stereocenters. The van der Waals surface area contributed by atoms with Crippen LogP contribution in [-0.4, -0.2) is 23.6 Å². The molecule has 0 radical (unpaired) electrons. The van der Waals surface area contributed by atoms with Gasteiger partial charge in [-0.15, -0.1) is 0 Å². The van der Waals surface area contributed by atoms with Crippen molar-refractivity contribution in [3.63, 3.8) is 0 Å². The lowest BCUT2D eigenvalue weighted by Crippen LogP contribution is -2.21. The highest BCUT2D eigenvalue weighted by Crippen LogP contribution is 2.41. The predicted octanol–water partition coefficient (Wildman–Crippen LogP) is 2.63. The van der Waals surface area contributed by atoms with E-state index >= 15 is 0 Å². The zero-order valence-corrected chi connectivity index (χ0v) is 9.85. The lowest BCUT2D eigenvalue weighted by Gasteiger charge is -2.16. The van der Waals surface area contributed by atoms with Crippen molar-refractivity contribution < 1.29 is 9.53 Å². The van der Waals surface area contributed by atoms with Gasteiger partial charge in [0.15, 0.2) is 6.29 Å². The zero-order chi connectivity index (χ0) is 11.9. The number of methoxy groups -OCH3 is 1. The molecule has 0 aliphatic heterocycles. The van der Waals surface area contributed by atoms with Gasteiger partial charge in [-0.2, -0.15) is 0 Å². The van der Waals surface area contributed by atoms with E-state index < -0.39 is 0 Å². The first kappa shape index (κ1) is 10.5. The van der Waals surface area contributed by atoms with E-state index in [4.69, 9.17) is 4.74 Å². The number of fused-ring (bicyclic) bond motifs is 1. The van der Waals surface area contributed by atoms with Crippen LogP contribution in [0.15, 0.2) is 30.3 Å². The molecule has 0 N–H and O–H groups in total. The Kier molecular flexibility index (Phi) is 2.30. The summed E-state index contributed by atoms with van der Waals surface area (Å²) < 4.78 is 7.60. The van der Waals surface area contributed by atoms with Crippen LogP contribution in [0.5, 0.6) is 0 Å². The molecule has 1 fully saturated rings. The molecule has 3 rings (SSSR count). The highest BCUT2D eigenvalue weighted by Gasteiger charge is 2.43. The van der Waals surface area contributed by atoms with Crippen molar-refractivity contribution in [3.05, 3.63) is 36.0 Å². The fraction of sp³-hybridized carbons (Fsp3) is 0.357. The predicted molar refractivity (Wildman–Crippen MR) is 66.3 cm³/mol. The monoisotopic (exact) mass is 229 g/mol. The molecular weight excluding hydrogens is 214 g/mol. The van der Waals surface area contributed by atoms with Gasteiger partial charge in [0.05, 0.1) is 17.8 Å². The van der Waals surface area contributed by atoms with E-state index in [1.165, 1.54) is 0 Å². The largest absolute Gasteiger partial charge is 0.376 e. The average molecular weight is 229 g/mol. The first-order valence-corrected chi connectivity index (χ1v) is 5.87. The van der Waals surface area contributed by atoms with Crippen LogP contribution in [0.25, 0.3) is 10.9 Å². The SMILES string of the molecule is COC1(Cn2c(C=O)cc3ccccc32)CC1. The first-order valence-electron chi connectivity index (χ1n) is 5.87. The van der Waals surface area contributed by atoms with Crippen LogP contribution in [0, 0.1) is 0 Å². The molecule has 0 spiro atoms. The summed E-state index contributed by atoms with van der Waals surface area (Å²) in [7, 11) is 1.75. The third-order valence-corrected chi connectivity index (χ3v) is 3.65. The van der Waals surface area contributed by atoms with Crippen LogP contribution < -0.4 is 0 Å². The number of benzene rings is 1. The molecule has 0 saturated heterocycles. The van der Waals surface area contributed by atoms with Gasteiger partial charge in [0.2, 0.25) is 0 Å². The maximum absolute atomic E-state index is 11.1. The Bertz CT molecular complexity index is 567. The quantitative estimate of drug-likeness (QED) is 0.755. The lowest BCUT2D eigenvalue weighted by atomic mass is 10.2. The number of hydrogen-bond acceptors (Lipinski definition) is 2. The zero-order valence-electron chi connectivity index (χ0n) is 9.85. The Morgan fingerprint density at radius 2 is 2.18 bits per heavy atom. The van der Waals surface area contributed by atoms with Gasteiger partial charge in [-0.1, -0.05) is 18.2 Å². The van der Waals surface area contributed by atoms with Crippen LogP contribution in [0.2, 0.25) is 0 Å². The molecule has 1 aromatic carbocycles. The van der Waals surface area contributed by atoms with Gasteiger partial charge in [0, 0.05) is 18.0 Å². The first-order chi connectivity index (χ1) is 8.28. The van der Waals surface area contributed by atoms with Crippen molar-refractivity contribution in [2.45, 2.75) is 25.0 Å². The van der Waals surface area contributed by atoms with Crippen molar-refractivity contribution in [1.29, 1.82) is 0 Å². The van der Waals surface area contributed by atoms with Gasteiger partial charge in [0.1, 0.15) is 0 Å². The molecule has 0 amide bonds. The van der Waals surface area contributed by atoms with Crippen molar-refractivity contribution in [3.8, 4) is 0 Å². The lowest BCUT2D eigenvalue weighted by molar-refractivity contribution is 0.0655. The summed E-state index contributed by atoms with van der Waals surface area (Å²) in [6, 6.07) is 10.0. The maximum Gasteiger partial charge on any atom is 0.166 e. The van der Waals surface area contributed by atoms with Crippen LogP contribution in [-0.2, 0) is 11.3 Å². The standard InChI is InChI=1S/C14H15NO2/c1-17-14(6-7-14)10-15-12(9-16)8-11-4-2-3-5-13(11)15/h2-5,8-9H,6-7,10H2,1H3. The number of hydrogen-bond donors (Lipinski definition) is 0.